The van der Waals surface area contributed by atoms with Gasteiger partial charge in [-0.1, -0.05) is 25.1 Å². The maximum atomic E-state index is 12.9. The van der Waals surface area contributed by atoms with Gasteiger partial charge in [-0.15, -0.1) is 0 Å². The van der Waals surface area contributed by atoms with Gasteiger partial charge in [0.1, 0.15) is 0 Å². The molecule has 1 amide bonds. The molecule has 6 nitrogen and oxygen atoms in total. The number of piperidine rings is 1. The van der Waals surface area contributed by atoms with E-state index in [-0.39, 0.29) is 22.9 Å². The molecular formula is C19H23N3O3. The number of aryl methyl sites for hydroxylation is 1. The van der Waals surface area contributed by atoms with E-state index in [9.17, 15) is 9.59 Å². The molecule has 2 heterocycles. The summed E-state index contributed by atoms with van der Waals surface area (Å²) in [6, 6.07) is 8.79. The van der Waals surface area contributed by atoms with Crippen LogP contribution in [-0.2, 0) is 0 Å². The summed E-state index contributed by atoms with van der Waals surface area (Å²) >= 11 is 0. The number of methoxy groups -OCH3 is 1. The number of nitrogens with zero attached hydrogens (tertiary/aromatic N) is 3. The highest BCUT2D eigenvalue weighted by molar-refractivity contribution is 5.94. The predicted molar refractivity (Wildman–Crippen MR) is 95.4 cm³/mol. The summed E-state index contributed by atoms with van der Waals surface area (Å²) in [5, 5.41) is 4.36. The van der Waals surface area contributed by atoms with Gasteiger partial charge in [0.25, 0.3) is 11.5 Å². The van der Waals surface area contributed by atoms with Gasteiger partial charge in [0, 0.05) is 13.1 Å². The Balaban J connectivity index is 2.04. The third kappa shape index (κ3) is 3.43. The lowest BCUT2D eigenvalue weighted by atomic mass is 9.99. The van der Waals surface area contributed by atoms with Crippen molar-refractivity contribution in [3.05, 3.63) is 51.9 Å². The molecule has 1 aliphatic rings. The minimum absolute atomic E-state index is 0.180. The summed E-state index contributed by atoms with van der Waals surface area (Å²) in [4.78, 5) is 27.2. The molecule has 0 bridgehead atoms. The molecule has 132 valence electrons. The highest BCUT2D eigenvalue weighted by Gasteiger charge is 2.26. The highest BCUT2D eigenvalue weighted by Crippen LogP contribution is 2.22. The quantitative estimate of drug-likeness (QED) is 0.860. The molecule has 0 N–H and O–H groups in total. The van der Waals surface area contributed by atoms with E-state index in [2.05, 4.69) is 12.0 Å². The molecule has 1 fully saturated rings. The first-order valence-corrected chi connectivity index (χ1v) is 8.55. The normalized spacial score (nSPS) is 15.2. The maximum Gasteiger partial charge on any atom is 0.278 e. The van der Waals surface area contributed by atoms with Crippen LogP contribution in [0.4, 0.5) is 0 Å². The van der Waals surface area contributed by atoms with E-state index in [1.807, 2.05) is 31.2 Å². The first-order valence-electron chi connectivity index (χ1n) is 8.55. The Bertz CT molecular complexity index is 836. The number of benzene rings is 1. The number of hydrogen-bond acceptors (Lipinski definition) is 4. The molecule has 0 unspecified atom stereocenters. The van der Waals surface area contributed by atoms with Crippen LogP contribution in [0, 0.1) is 12.8 Å². The number of likely N-dealkylation sites (tertiary alicyclic amines) is 1. The molecule has 0 radical (unpaired) electrons. The summed E-state index contributed by atoms with van der Waals surface area (Å²) in [5.74, 6) is 0.657. The van der Waals surface area contributed by atoms with Crippen molar-refractivity contribution in [1.29, 1.82) is 0 Å². The molecule has 2 aromatic rings. The van der Waals surface area contributed by atoms with E-state index in [1.165, 1.54) is 17.9 Å². The number of aromatic nitrogens is 2. The van der Waals surface area contributed by atoms with Gasteiger partial charge in [0.15, 0.2) is 11.4 Å². The Kier molecular flexibility index (Phi) is 4.88. The van der Waals surface area contributed by atoms with E-state index in [0.29, 0.717) is 24.7 Å². The van der Waals surface area contributed by atoms with Gasteiger partial charge in [-0.2, -0.15) is 9.78 Å². The van der Waals surface area contributed by atoms with Crippen LogP contribution < -0.4 is 10.3 Å². The van der Waals surface area contributed by atoms with Gasteiger partial charge in [-0.05, 0) is 37.3 Å². The van der Waals surface area contributed by atoms with Crippen LogP contribution in [0.1, 0.15) is 35.8 Å². The smallest absolute Gasteiger partial charge is 0.278 e. The largest absolute Gasteiger partial charge is 0.494 e. The number of carbonyl (C=O) groups excluding carboxylic acids is 1. The molecule has 0 spiro atoms. The summed E-state index contributed by atoms with van der Waals surface area (Å²) in [6.07, 6.45) is 1.96. The van der Waals surface area contributed by atoms with Crippen LogP contribution in [0.3, 0.4) is 0 Å². The average molecular weight is 341 g/mol. The number of ether oxygens (including phenoxy) is 1. The van der Waals surface area contributed by atoms with Gasteiger partial charge in [0.05, 0.1) is 18.9 Å². The average Bonchev–Trinajstić information content (AvgIpc) is 2.62. The minimum atomic E-state index is -0.324. The second kappa shape index (κ2) is 7.09. The molecule has 3 rings (SSSR count). The van der Waals surface area contributed by atoms with Crippen molar-refractivity contribution < 1.29 is 9.53 Å². The second-order valence-corrected chi connectivity index (χ2v) is 6.57. The molecule has 25 heavy (non-hydrogen) atoms. The summed E-state index contributed by atoms with van der Waals surface area (Å²) in [5.41, 5.74) is 1.43. The first kappa shape index (κ1) is 17.2. The van der Waals surface area contributed by atoms with Gasteiger partial charge >= 0.3 is 0 Å². The first-order chi connectivity index (χ1) is 12.0. The van der Waals surface area contributed by atoms with Crippen molar-refractivity contribution >= 4 is 5.91 Å². The summed E-state index contributed by atoms with van der Waals surface area (Å²) in [6.45, 7) is 5.50. The van der Waals surface area contributed by atoms with Crippen molar-refractivity contribution in [2.75, 3.05) is 20.2 Å². The molecular weight excluding hydrogens is 318 g/mol. The fraction of sp³-hybridized carbons (Fsp3) is 0.421. The van der Waals surface area contributed by atoms with Crippen LogP contribution in [0.25, 0.3) is 5.69 Å². The van der Waals surface area contributed by atoms with E-state index >= 15 is 0 Å². The fourth-order valence-corrected chi connectivity index (χ4v) is 3.08. The molecule has 1 aromatic carbocycles. The van der Waals surface area contributed by atoms with E-state index < -0.39 is 0 Å². The van der Waals surface area contributed by atoms with Crippen LogP contribution in [0.2, 0.25) is 0 Å². The summed E-state index contributed by atoms with van der Waals surface area (Å²) in [7, 11) is 1.45. The number of carbonyl (C=O) groups is 1. The maximum absolute atomic E-state index is 12.9. The van der Waals surface area contributed by atoms with E-state index in [1.54, 1.807) is 4.90 Å². The molecule has 1 aliphatic heterocycles. The molecule has 0 aliphatic carbocycles. The van der Waals surface area contributed by atoms with Gasteiger partial charge in [0.2, 0.25) is 0 Å². The lowest BCUT2D eigenvalue weighted by molar-refractivity contribution is 0.0685. The zero-order chi connectivity index (χ0) is 18.0. The molecule has 1 aromatic heterocycles. The Labute approximate surface area is 147 Å². The Morgan fingerprint density at radius 1 is 1.24 bits per heavy atom. The Hall–Kier alpha value is -2.63. The molecule has 0 saturated carbocycles. The summed E-state index contributed by atoms with van der Waals surface area (Å²) < 4.78 is 6.53. The molecule has 1 saturated heterocycles. The monoisotopic (exact) mass is 341 g/mol. The van der Waals surface area contributed by atoms with Crippen LogP contribution >= 0.6 is 0 Å². The second-order valence-electron chi connectivity index (χ2n) is 6.57. The topological polar surface area (TPSA) is 64.4 Å². The van der Waals surface area contributed by atoms with Crippen molar-refractivity contribution in [3.63, 3.8) is 0 Å². The van der Waals surface area contributed by atoms with Gasteiger partial charge in [-0.3, -0.25) is 9.59 Å². The zero-order valence-corrected chi connectivity index (χ0v) is 14.9. The van der Waals surface area contributed by atoms with Crippen molar-refractivity contribution in [3.8, 4) is 11.4 Å². The Morgan fingerprint density at radius 3 is 2.56 bits per heavy atom. The SMILES string of the molecule is COc1cc(=O)n(-c2ccccc2C)nc1C(=O)N1CCC(C)CC1. The van der Waals surface area contributed by atoms with Crippen molar-refractivity contribution in [1.82, 2.24) is 14.7 Å². The number of hydrogen-bond donors (Lipinski definition) is 0. The van der Waals surface area contributed by atoms with Crippen LogP contribution in [0.5, 0.6) is 5.75 Å². The van der Waals surface area contributed by atoms with Gasteiger partial charge in [-0.25, -0.2) is 0 Å². The predicted octanol–water partition coefficient (Wildman–Crippen LogP) is 2.42. The van der Waals surface area contributed by atoms with Crippen molar-refractivity contribution in [2.24, 2.45) is 5.92 Å². The third-order valence-corrected chi connectivity index (χ3v) is 4.73. The minimum Gasteiger partial charge on any atom is -0.494 e. The highest BCUT2D eigenvalue weighted by atomic mass is 16.5. The van der Waals surface area contributed by atoms with E-state index in [4.69, 9.17) is 4.74 Å². The van der Waals surface area contributed by atoms with Crippen molar-refractivity contribution in [2.45, 2.75) is 26.7 Å². The third-order valence-electron chi connectivity index (χ3n) is 4.73. The number of rotatable bonds is 3. The molecule has 0 atom stereocenters. The standard InChI is InChI=1S/C19H23N3O3/c1-13-8-10-21(11-9-13)19(24)18-16(25-3)12-17(23)22(20-18)15-7-5-4-6-14(15)2/h4-7,12-13H,8-11H2,1-3H3. The Morgan fingerprint density at radius 2 is 1.92 bits per heavy atom. The number of para-hydroxylation sites is 1. The molecule has 6 heteroatoms. The van der Waals surface area contributed by atoms with E-state index in [0.717, 1.165) is 18.4 Å². The fourth-order valence-electron chi connectivity index (χ4n) is 3.08. The van der Waals surface area contributed by atoms with Crippen LogP contribution in [0.15, 0.2) is 35.1 Å². The zero-order valence-electron chi connectivity index (χ0n) is 14.9. The van der Waals surface area contributed by atoms with Gasteiger partial charge < -0.3 is 9.64 Å². The lowest BCUT2D eigenvalue weighted by Crippen LogP contribution is -2.39. The number of amides is 1. The lowest BCUT2D eigenvalue weighted by Gasteiger charge is -2.30. The van der Waals surface area contributed by atoms with Crippen LogP contribution in [-0.4, -0.2) is 40.8 Å².